The first-order chi connectivity index (χ1) is 26.7. The molecule has 0 aliphatic rings. The summed E-state index contributed by atoms with van der Waals surface area (Å²) in [6.45, 7) is 4.36. The molecule has 54 heavy (non-hydrogen) atoms. The molecule has 9 aromatic carbocycles. The molecule has 1 aromatic heterocycles. The summed E-state index contributed by atoms with van der Waals surface area (Å²) in [5.41, 5.74) is 6.95. The van der Waals surface area contributed by atoms with Crippen LogP contribution in [0.3, 0.4) is 0 Å². The maximum atomic E-state index is 6.52. The molecule has 0 atom stereocenters. The van der Waals surface area contributed by atoms with Crippen molar-refractivity contribution in [1.29, 1.82) is 0 Å². The molecule has 0 aliphatic heterocycles. The first-order valence-electron chi connectivity index (χ1n) is 18.1. The molecule has 10 rings (SSSR count). The quantitative estimate of drug-likeness (QED) is 0.101. The summed E-state index contributed by atoms with van der Waals surface area (Å²) in [5.74, 6) is 1.11. The van der Waals surface area contributed by atoms with Crippen molar-refractivity contribution in [3.05, 3.63) is 193 Å². The van der Waals surface area contributed by atoms with E-state index in [1.165, 1.54) is 32.5 Å². The first kappa shape index (κ1) is 31.6. The number of benzene rings is 9. The van der Waals surface area contributed by atoms with Gasteiger partial charge in [-0.3, -0.25) is 4.99 Å². The monoisotopic (exact) mass is 691 g/mol. The van der Waals surface area contributed by atoms with E-state index in [-0.39, 0.29) is 0 Å². The lowest BCUT2D eigenvalue weighted by atomic mass is 9.96. The Morgan fingerprint density at radius 2 is 1.11 bits per heavy atom. The Kier molecular flexibility index (Phi) is 7.66. The summed E-state index contributed by atoms with van der Waals surface area (Å²) >= 11 is 0. The number of aliphatic imine (C=N–C) groups is 3. The molecule has 10 aromatic rings. The molecule has 0 spiro atoms. The van der Waals surface area contributed by atoms with Crippen molar-refractivity contribution in [3.8, 4) is 11.1 Å². The van der Waals surface area contributed by atoms with Gasteiger partial charge in [0.1, 0.15) is 11.2 Å². The van der Waals surface area contributed by atoms with Crippen LogP contribution in [0.25, 0.3) is 76.2 Å². The summed E-state index contributed by atoms with van der Waals surface area (Å²) < 4.78 is 6.52. The molecule has 0 saturated carbocycles. The zero-order chi connectivity index (χ0) is 36.0. The third-order valence-electron chi connectivity index (χ3n) is 10.5. The molecule has 0 N–H and O–H groups in total. The fourth-order valence-corrected chi connectivity index (χ4v) is 7.81. The minimum absolute atomic E-state index is 0.414. The van der Waals surface area contributed by atoms with Crippen LogP contribution >= 0.6 is 0 Å². The molecule has 0 bridgehead atoms. The number of nitrogens with zero attached hydrogens (tertiary/aromatic N) is 3. The maximum Gasteiger partial charge on any atom is 0.161 e. The Labute approximate surface area is 312 Å². The van der Waals surface area contributed by atoms with E-state index in [4.69, 9.17) is 14.4 Å². The Hall–Kier alpha value is -7.17. The van der Waals surface area contributed by atoms with Gasteiger partial charge in [0.25, 0.3) is 0 Å². The van der Waals surface area contributed by atoms with Crippen LogP contribution < -0.4 is 0 Å². The largest absolute Gasteiger partial charge is 0.455 e. The molecule has 4 heteroatoms. The van der Waals surface area contributed by atoms with Gasteiger partial charge in [-0.05, 0) is 85.4 Å². The number of furan rings is 1. The van der Waals surface area contributed by atoms with Crippen molar-refractivity contribution in [2.45, 2.75) is 6.54 Å². The van der Waals surface area contributed by atoms with E-state index < -0.39 is 0 Å². The van der Waals surface area contributed by atoms with Crippen LogP contribution in [0.1, 0.15) is 16.7 Å². The molecular weight excluding hydrogens is 659 g/mol. The Morgan fingerprint density at radius 3 is 1.91 bits per heavy atom. The van der Waals surface area contributed by atoms with E-state index in [1.54, 1.807) is 0 Å². The lowest BCUT2D eigenvalue weighted by Gasteiger charge is -2.10. The maximum absolute atomic E-state index is 6.52. The second-order valence-corrected chi connectivity index (χ2v) is 13.6. The second kappa shape index (κ2) is 13.1. The van der Waals surface area contributed by atoms with Crippen molar-refractivity contribution in [2.75, 3.05) is 0 Å². The summed E-state index contributed by atoms with van der Waals surface area (Å²) in [4.78, 5) is 14.8. The van der Waals surface area contributed by atoms with Crippen LogP contribution in [0.2, 0.25) is 0 Å². The Balaban J connectivity index is 1.08. The highest BCUT2D eigenvalue weighted by Gasteiger charge is 2.16. The van der Waals surface area contributed by atoms with Crippen LogP contribution in [-0.2, 0) is 6.54 Å². The zero-order valence-electron chi connectivity index (χ0n) is 29.4. The van der Waals surface area contributed by atoms with Gasteiger partial charge in [0, 0.05) is 27.3 Å². The lowest BCUT2D eigenvalue weighted by Crippen LogP contribution is -2.05. The minimum Gasteiger partial charge on any atom is -0.455 e. The Bertz CT molecular complexity index is 3140. The average Bonchev–Trinajstić information content (AvgIpc) is 3.62. The van der Waals surface area contributed by atoms with Gasteiger partial charge in [0.15, 0.2) is 11.7 Å². The molecule has 0 fully saturated rings. The fourth-order valence-electron chi connectivity index (χ4n) is 7.81. The highest BCUT2D eigenvalue weighted by atomic mass is 16.3. The van der Waals surface area contributed by atoms with Crippen LogP contribution in [0, 0.1) is 0 Å². The highest BCUT2D eigenvalue weighted by molar-refractivity contribution is 6.20. The topological polar surface area (TPSA) is 50.2 Å². The normalized spacial score (nSPS) is 12.4. The third-order valence-corrected chi connectivity index (χ3v) is 10.5. The lowest BCUT2D eigenvalue weighted by molar-refractivity contribution is 0.672. The second-order valence-electron chi connectivity index (χ2n) is 13.6. The summed E-state index contributed by atoms with van der Waals surface area (Å²) in [5, 5.41) is 11.6. The van der Waals surface area contributed by atoms with Gasteiger partial charge in [0.05, 0.1) is 6.54 Å². The first-order valence-corrected chi connectivity index (χ1v) is 18.1. The number of amidine groups is 2. The van der Waals surface area contributed by atoms with Gasteiger partial charge in [0.2, 0.25) is 0 Å². The Morgan fingerprint density at radius 1 is 0.444 bits per heavy atom. The predicted octanol–water partition coefficient (Wildman–Crippen LogP) is 13.0. The zero-order valence-corrected chi connectivity index (χ0v) is 29.4. The van der Waals surface area contributed by atoms with Gasteiger partial charge < -0.3 is 4.42 Å². The molecule has 254 valence electrons. The van der Waals surface area contributed by atoms with Gasteiger partial charge in [-0.15, -0.1) is 0 Å². The average molecular weight is 692 g/mol. The molecule has 0 radical (unpaired) electrons. The van der Waals surface area contributed by atoms with E-state index in [0.29, 0.717) is 18.2 Å². The number of hydrogen-bond donors (Lipinski definition) is 0. The van der Waals surface area contributed by atoms with Crippen molar-refractivity contribution in [3.63, 3.8) is 0 Å². The van der Waals surface area contributed by atoms with Gasteiger partial charge in [-0.2, -0.15) is 0 Å². The molecular formula is C50H33N3O. The standard InChI is InChI=1S/C50H33N3O/c1-51-49(37-22-24-41-36(28-37)21-26-42-39-17-9-8-14-33(39)20-25-43(41)42)53-50(34-15-6-3-7-16-34)52-31-38-30-46-45-29-35(32-12-4-2-5-13-32)23-27-47(45)54-48(46)44-19-11-10-18-40(38)44/h2-30H,1,31H2/b52-50-,53-49-. The predicted molar refractivity (Wildman–Crippen MR) is 228 cm³/mol. The van der Waals surface area contributed by atoms with E-state index >= 15 is 0 Å². The smallest absolute Gasteiger partial charge is 0.161 e. The molecule has 0 amide bonds. The van der Waals surface area contributed by atoms with Crippen molar-refractivity contribution >= 4 is 83.4 Å². The van der Waals surface area contributed by atoms with Crippen LogP contribution in [-0.4, -0.2) is 18.4 Å². The molecule has 1 heterocycles. The molecule has 0 aliphatic carbocycles. The highest BCUT2D eigenvalue weighted by Crippen LogP contribution is 2.38. The van der Waals surface area contributed by atoms with Crippen molar-refractivity contribution in [2.24, 2.45) is 15.0 Å². The minimum atomic E-state index is 0.414. The number of hydrogen-bond acceptors (Lipinski definition) is 2. The SMILES string of the molecule is C=N/C(=N\C(=N/Cc1cc2c3cc(-c4ccccc4)ccc3oc2c2ccccc12)c1ccccc1)c1ccc2c(ccc3c4ccccc4ccc23)c1. The summed E-state index contributed by atoms with van der Waals surface area (Å²) in [6, 6.07) is 61.4. The van der Waals surface area contributed by atoms with E-state index in [2.05, 4.69) is 151 Å². The molecule has 0 unspecified atom stereocenters. The third kappa shape index (κ3) is 5.44. The van der Waals surface area contributed by atoms with E-state index in [1.807, 2.05) is 36.4 Å². The van der Waals surface area contributed by atoms with Gasteiger partial charge >= 0.3 is 0 Å². The summed E-state index contributed by atoms with van der Waals surface area (Å²) in [6.07, 6.45) is 0. The summed E-state index contributed by atoms with van der Waals surface area (Å²) in [7, 11) is 0. The van der Waals surface area contributed by atoms with E-state index in [0.717, 1.165) is 60.4 Å². The van der Waals surface area contributed by atoms with Crippen LogP contribution in [0.5, 0.6) is 0 Å². The van der Waals surface area contributed by atoms with Crippen molar-refractivity contribution < 1.29 is 4.42 Å². The van der Waals surface area contributed by atoms with Crippen molar-refractivity contribution in [1.82, 2.24) is 0 Å². The molecule has 0 saturated heterocycles. The van der Waals surface area contributed by atoms with Crippen LogP contribution in [0.15, 0.2) is 195 Å². The molecule has 4 nitrogen and oxygen atoms in total. The number of fused-ring (bicyclic) bond motifs is 10. The van der Waals surface area contributed by atoms with Gasteiger partial charge in [-0.1, -0.05) is 152 Å². The van der Waals surface area contributed by atoms with Crippen LogP contribution in [0.4, 0.5) is 0 Å². The van der Waals surface area contributed by atoms with Gasteiger partial charge in [-0.25, -0.2) is 9.98 Å². The fraction of sp³-hybridized carbons (Fsp3) is 0.0200. The van der Waals surface area contributed by atoms with E-state index in [9.17, 15) is 0 Å². The number of rotatable bonds is 5.